The molecule has 100 valence electrons. The molecule has 0 atom stereocenters. The summed E-state index contributed by atoms with van der Waals surface area (Å²) in [5.41, 5.74) is 6.51. The van der Waals surface area contributed by atoms with Gasteiger partial charge in [-0.2, -0.15) is 0 Å². The molecule has 0 bridgehead atoms. The summed E-state index contributed by atoms with van der Waals surface area (Å²) in [5, 5.41) is 3.02. The van der Waals surface area contributed by atoms with Crippen LogP contribution in [0.25, 0.3) is 0 Å². The highest BCUT2D eigenvalue weighted by Crippen LogP contribution is 2.36. The molecular weight excluding hydrogens is 242 g/mol. The highest BCUT2D eigenvalue weighted by molar-refractivity contribution is 6.16. The summed E-state index contributed by atoms with van der Waals surface area (Å²) in [5.74, 6) is -0.129. The Balaban J connectivity index is 1.86. The molecule has 1 saturated carbocycles. The molecule has 1 heterocycles. The fourth-order valence-corrected chi connectivity index (χ4v) is 3.05. The summed E-state index contributed by atoms with van der Waals surface area (Å²) in [6.07, 6.45) is 4.36. The van der Waals surface area contributed by atoms with Gasteiger partial charge in [0.25, 0.3) is 0 Å². The molecule has 0 aromatic heterocycles. The number of nitrogen functional groups attached to an aromatic ring is 1. The second kappa shape index (κ2) is 4.26. The quantitative estimate of drug-likeness (QED) is 0.758. The van der Waals surface area contributed by atoms with Crippen LogP contribution in [0.1, 0.15) is 32.1 Å². The Morgan fingerprint density at radius 3 is 2.32 bits per heavy atom. The smallest absolute Gasteiger partial charge is 0.329 e. The summed E-state index contributed by atoms with van der Waals surface area (Å²) in [6.45, 7) is 0. The molecule has 2 fully saturated rings. The van der Waals surface area contributed by atoms with Gasteiger partial charge >= 0.3 is 6.03 Å². The SMILES string of the molecule is Nc1ccc(N2C(=O)CC3(CCCC3)NC2=O)cc1. The number of hydrogen-bond acceptors (Lipinski definition) is 3. The monoisotopic (exact) mass is 259 g/mol. The number of rotatable bonds is 1. The van der Waals surface area contributed by atoms with E-state index in [-0.39, 0.29) is 17.5 Å². The molecule has 0 radical (unpaired) electrons. The van der Waals surface area contributed by atoms with Crippen LogP contribution in [0.2, 0.25) is 0 Å². The van der Waals surface area contributed by atoms with Gasteiger partial charge < -0.3 is 11.1 Å². The Labute approximate surface area is 111 Å². The third-order valence-corrected chi connectivity index (χ3v) is 4.03. The lowest BCUT2D eigenvalue weighted by atomic mass is 9.90. The third-order valence-electron chi connectivity index (χ3n) is 4.03. The van der Waals surface area contributed by atoms with Gasteiger partial charge in [-0.3, -0.25) is 4.79 Å². The lowest BCUT2D eigenvalue weighted by Crippen LogP contribution is -2.61. The number of urea groups is 1. The van der Waals surface area contributed by atoms with Crippen molar-refractivity contribution in [3.63, 3.8) is 0 Å². The maximum atomic E-state index is 12.3. The predicted molar refractivity (Wildman–Crippen MR) is 72.7 cm³/mol. The number of amides is 3. The van der Waals surface area contributed by atoms with Gasteiger partial charge in [-0.15, -0.1) is 0 Å². The van der Waals surface area contributed by atoms with Crippen LogP contribution in [0.4, 0.5) is 16.2 Å². The van der Waals surface area contributed by atoms with Gasteiger partial charge in [0.05, 0.1) is 17.6 Å². The molecular formula is C14H17N3O2. The summed E-state index contributed by atoms with van der Waals surface area (Å²) in [7, 11) is 0. The topological polar surface area (TPSA) is 75.4 Å². The summed E-state index contributed by atoms with van der Waals surface area (Å²) < 4.78 is 0. The van der Waals surface area contributed by atoms with E-state index in [1.165, 1.54) is 4.90 Å². The number of nitrogens with one attached hydrogen (secondary N) is 1. The van der Waals surface area contributed by atoms with Gasteiger partial charge in [-0.05, 0) is 37.1 Å². The van der Waals surface area contributed by atoms with E-state index in [1.54, 1.807) is 24.3 Å². The van der Waals surface area contributed by atoms with Crippen molar-refractivity contribution in [1.82, 2.24) is 5.32 Å². The molecule has 1 aliphatic carbocycles. The minimum atomic E-state index is -0.317. The van der Waals surface area contributed by atoms with Crippen LogP contribution in [-0.4, -0.2) is 17.5 Å². The molecule has 1 aromatic carbocycles. The van der Waals surface area contributed by atoms with Gasteiger partial charge in [-0.25, -0.2) is 9.69 Å². The van der Waals surface area contributed by atoms with E-state index in [2.05, 4.69) is 5.32 Å². The number of nitrogens with two attached hydrogens (primary N) is 1. The van der Waals surface area contributed by atoms with Gasteiger partial charge in [0.1, 0.15) is 0 Å². The Kier molecular flexibility index (Phi) is 2.69. The minimum Gasteiger partial charge on any atom is -0.399 e. The Hall–Kier alpha value is -2.04. The van der Waals surface area contributed by atoms with Crippen molar-refractivity contribution in [2.75, 3.05) is 10.6 Å². The van der Waals surface area contributed by atoms with Crippen molar-refractivity contribution in [1.29, 1.82) is 0 Å². The first-order valence-corrected chi connectivity index (χ1v) is 6.60. The minimum absolute atomic E-state index is 0.129. The van der Waals surface area contributed by atoms with Crippen molar-refractivity contribution in [2.24, 2.45) is 0 Å². The molecule has 1 aliphatic heterocycles. The zero-order valence-electron chi connectivity index (χ0n) is 10.7. The van der Waals surface area contributed by atoms with Crippen molar-refractivity contribution in [3.05, 3.63) is 24.3 Å². The Morgan fingerprint density at radius 1 is 1.11 bits per heavy atom. The van der Waals surface area contributed by atoms with E-state index < -0.39 is 0 Å². The van der Waals surface area contributed by atoms with Crippen molar-refractivity contribution in [2.45, 2.75) is 37.6 Å². The zero-order valence-corrected chi connectivity index (χ0v) is 10.7. The van der Waals surface area contributed by atoms with Gasteiger partial charge in [0.2, 0.25) is 5.91 Å². The van der Waals surface area contributed by atoms with Crippen LogP contribution in [0.5, 0.6) is 0 Å². The lowest BCUT2D eigenvalue weighted by Gasteiger charge is -2.38. The van der Waals surface area contributed by atoms with Gasteiger partial charge in [0.15, 0.2) is 0 Å². The van der Waals surface area contributed by atoms with Crippen molar-refractivity contribution < 1.29 is 9.59 Å². The predicted octanol–water partition coefficient (Wildman–Crippen LogP) is 2.03. The summed E-state index contributed by atoms with van der Waals surface area (Å²) in [6, 6.07) is 6.45. The average molecular weight is 259 g/mol. The highest BCUT2D eigenvalue weighted by atomic mass is 16.2. The fourth-order valence-electron chi connectivity index (χ4n) is 3.05. The van der Waals surface area contributed by atoms with Gasteiger partial charge in [-0.1, -0.05) is 12.8 Å². The average Bonchev–Trinajstić information content (AvgIpc) is 2.78. The van der Waals surface area contributed by atoms with Crippen LogP contribution in [0, 0.1) is 0 Å². The molecule has 5 heteroatoms. The first-order chi connectivity index (χ1) is 9.10. The lowest BCUT2D eigenvalue weighted by molar-refractivity contribution is -0.120. The van der Waals surface area contributed by atoms with E-state index in [0.717, 1.165) is 25.7 Å². The van der Waals surface area contributed by atoms with E-state index >= 15 is 0 Å². The molecule has 1 aromatic rings. The first kappa shape index (κ1) is 12.0. The maximum Gasteiger partial charge on any atom is 0.329 e. The van der Waals surface area contributed by atoms with Crippen LogP contribution < -0.4 is 16.0 Å². The van der Waals surface area contributed by atoms with E-state index in [9.17, 15) is 9.59 Å². The molecule has 1 spiro atoms. The molecule has 5 nitrogen and oxygen atoms in total. The first-order valence-electron chi connectivity index (χ1n) is 6.60. The Morgan fingerprint density at radius 2 is 1.74 bits per heavy atom. The summed E-state index contributed by atoms with van der Waals surface area (Å²) in [4.78, 5) is 25.7. The molecule has 0 unspecified atom stereocenters. The largest absolute Gasteiger partial charge is 0.399 e. The Bertz CT molecular complexity index is 498. The van der Waals surface area contributed by atoms with Crippen LogP contribution >= 0.6 is 0 Å². The second-order valence-electron chi connectivity index (χ2n) is 5.42. The molecule has 2 aliphatic rings. The molecule has 19 heavy (non-hydrogen) atoms. The van der Waals surface area contributed by atoms with Gasteiger partial charge in [0, 0.05) is 5.69 Å². The molecule has 1 saturated heterocycles. The molecule has 3 amide bonds. The van der Waals surface area contributed by atoms with Crippen LogP contribution in [-0.2, 0) is 4.79 Å². The third kappa shape index (κ3) is 2.05. The second-order valence-corrected chi connectivity index (χ2v) is 5.42. The summed E-state index contributed by atoms with van der Waals surface area (Å²) >= 11 is 0. The maximum absolute atomic E-state index is 12.3. The number of carbonyl (C=O) groups excluding carboxylic acids is 2. The molecule has 3 N–H and O–H groups in total. The zero-order chi connectivity index (χ0) is 13.5. The van der Waals surface area contributed by atoms with E-state index in [4.69, 9.17) is 5.73 Å². The van der Waals surface area contributed by atoms with Crippen molar-refractivity contribution in [3.8, 4) is 0 Å². The number of anilines is 2. The highest BCUT2D eigenvalue weighted by Gasteiger charge is 2.45. The van der Waals surface area contributed by atoms with Crippen LogP contribution in [0.3, 0.4) is 0 Å². The molecule has 3 rings (SSSR count). The van der Waals surface area contributed by atoms with Crippen LogP contribution in [0.15, 0.2) is 24.3 Å². The van der Waals surface area contributed by atoms with Crippen molar-refractivity contribution >= 4 is 23.3 Å². The van der Waals surface area contributed by atoms with E-state index in [1.807, 2.05) is 0 Å². The van der Waals surface area contributed by atoms with E-state index in [0.29, 0.717) is 17.8 Å². The number of hydrogen-bond donors (Lipinski definition) is 2. The fraction of sp³-hybridized carbons (Fsp3) is 0.429. The standard InChI is InChI=1S/C14H17N3O2/c15-10-3-5-11(6-4-10)17-12(18)9-14(16-13(17)19)7-1-2-8-14/h3-6H,1-2,7-9,15H2,(H,16,19). The number of nitrogens with zero attached hydrogens (tertiary/aromatic N) is 1. The number of benzene rings is 1. The normalized spacial score (nSPS) is 21.8. The number of imide groups is 1. The number of carbonyl (C=O) groups is 2.